The average molecular weight is 403 g/mol. The Bertz CT molecular complexity index is 1140. The maximum Gasteiger partial charge on any atom is 0.309 e. The second kappa shape index (κ2) is 7.48. The summed E-state index contributed by atoms with van der Waals surface area (Å²) in [7, 11) is 0. The van der Waals surface area contributed by atoms with Crippen LogP contribution >= 0.6 is 0 Å². The monoisotopic (exact) mass is 403 g/mol. The third-order valence-electron chi connectivity index (χ3n) is 6.06. The van der Waals surface area contributed by atoms with Crippen molar-refractivity contribution in [3.63, 3.8) is 0 Å². The Morgan fingerprint density at radius 3 is 2.70 bits per heavy atom. The van der Waals surface area contributed by atoms with Gasteiger partial charge >= 0.3 is 5.97 Å². The number of nitrogens with zero attached hydrogens (tertiary/aromatic N) is 1. The van der Waals surface area contributed by atoms with Crippen LogP contribution in [0, 0.1) is 23.5 Å². The molecule has 3 aromatic rings. The zero-order valence-electron chi connectivity index (χ0n) is 16.1. The van der Waals surface area contributed by atoms with Crippen LogP contribution in [-0.2, 0) is 16.0 Å². The number of pyridine rings is 1. The summed E-state index contributed by atoms with van der Waals surface area (Å²) in [5, 5.41) is 0. The molecule has 150 valence electrons. The molecule has 0 amide bonds. The van der Waals surface area contributed by atoms with Gasteiger partial charge < -0.3 is 4.74 Å². The van der Waals surface area contributed by atoms with E-state index in [1.54, 1.807) is 18.3 Å². The average Bonchev–Trinajstić information content (AvgIpc) is 3.13. The molecule has 1 fully saturated rings. The highest BCUT2D eigenvalue weighted by Crippen LogP contribution is 2.45. The maximum atomic E-state index is 14.4. The van der Waals surface area contributed by atoms with E-state index < -0.39 is 0 Å². The fraction of sp³-hybridized carbons (Fsp3) is 0.200. The summed E-state index contributed by atoms with van der Waals surface area (Å²) in [4.78, 5) is 16.6. The number of aromatic nitrogens is 1. The van der Waals surface area contributed by atoms with E-state index in [1.165, 1.54) is 18.2 Å². The lowest BCUT2D eigenvalue weighted by molar-refractivity contribution is -0.141. The maximum absolute atomic E-state index is 14.4. The number of allylic oxidation sites excluding steroid dienone is 1. The van der Waals surface area contributed by atoms with Crippen molar-refractivity contribution in [1.29, 1.82) is 0 Å². The van der Waals surface area contributed by atoms with Crippen molar-refractivity contribution >= 4 is 12.0 Å². The van der Waals surface area contributed by atoms with E-state index >= 15 is 0 Å². The van der Waals surface area contributed by atoms with Gasteiger partial charge in [0.15, 0.2) is 0 Å². The fourth-order valence-electron chi connectivity index (χ4n) is 4.51. The summed E-state index contributed by atoms with van der Waals surface area (Å²) in [5.41, 5.74) is 3.83. The van der Waals surface area contributed by atoms with Crippen molar-refractivity contribution in [3.8, 4) is 11.1 Å². The minimum absolute atomic E-state index is 0.00498. The van der Waals surface area contributed by atoms with Gasteiger partial charge in [0, 0.05) is 23.6 Å². The molecule has 2 aliphatic rings. The van der Waals surface area contributed by atoms with Crippen molar-refractivity contribution in [1.82, 2.24) is 4.98 Å². The number of carbonyl (C=O) groups excluding carboxylic acids is 1. The first-order valence-corrected chi connectivity index (χ1v) is 9.94. The van der Waals surface area contributed by atoms with E-state index in [0.29, 0.717) is 18.6 Å². The van der Waals surface area contributed by atoms with Crippen LogP contribution in [0.1, 0.15) is 22.7 Å². The SMILES string of the molecule is O=C1OC[C@H]2[C@@H]1Cc1c(F)cccc1[C@@H]2/C=C/c1ccc(-c2cccc(F)c2)cn1. The van der Waals surface area contributed by atoms with Gasteiger partial charge in [0.05, 0.1) is 18.2 Å². The summed E-state index contributed by atoms with van der Waals surface area (Å²) in [6.07, 6.45) is 5.96. The molecule has 5 rings (SSSR count). The smallest absolute Gasteiger partial charge is 0.309 e. The first-order chi connectivity index (χ1) is 14.6. The molecule has 0 saturated carbocycles. The van der Waals surface area contributed by atoms with E-state index in [9.17, 15) is 13.6 Å². The zero-order chi connectivity index (χ0) is 20.7. The highest BCUT2D eigenvalue weighted by atomic mass is 19.1. The molecular weight excluding hydrogens is 384 g/mol. The van der Waals surface area contributed by atoms with E-state index in [0.717, 1.165) is 22.4 Å². The van der Waals surface area contributed by atoms with Crippen LogP contribution in [0.4, 0.5) is 8.78 Å². The molecule has 2 heterocycles. The van der Waals surface area contributed by atoms with Gasteiger partial charge in [0.2, 0.25) is 0 Å². The van der Waals surface area contributed by atoms with Crippen LogP contribution in [0.5, 0.6) is 0 Å². The number of esters is 1. The van der Waals surface area contributed by atoms with E-state index in [1.807, 2.05) is 36.4 Å². The van der Waals surface area contributed by atoms with Crippen LogP contribution in [0.3, 0.4) is 0 Å². The fourth-order valence-corrected chi connectivity index (χ4v) is 4.51. The lowest BCUT2D eigenvalue weighted by atomic mass is 9.70. The second-order valence-electron chi connectivity index (χ2n) is 7.78. The van der Waals surface area contributed by atoms with Gasteiger partial charge in [-0.05, 0) is 53.5 Å². The number of rotatable bonds is 3. The van der Waals surface area contributed by atoms with Gasteiger partial charge in [-0.25, -0.2) is 8.78 Å². The predicted octanol–water partition coefficient (Wildman–Crippen LogP) is 5.17. The Morgan fingerprint density at radius 2 is 1.90 bits per heavy atom. The van der Waals surface area contributed by atoms with Crippen molar-refractivity contribution in [3.05, 3.63) is 95.3 Å². The molecule has 1 saturated heterocycles. The molecule has 30 heavy (non-hydrogen) atoms. The van der Waals surface area contributed by atoms with Crippen molar-refractivity contribution in [2.45, 2.75) is 12.3 Å². The number of ether oxygens (including phenoxy) is 1. The van der Waals surface area contributed by atoms with Gasteiger partial charge in [0.1, 0.15) is 11.6 Å². The molecule has 3 atom stereocenters. The van der Waals surface area contributed by atoms with Crippen LogP contribution in [0.15, 0.2) is 66.9 Å². The standard InChI is InChI=1S/C25H19F2NO2/c26-17-4-1-3-15(11-17)16-7-8-18(28-13-16)9-10-20-19-5-2-6-24(27)21(19)12-22-23(20)14-30-25(22)29/h1-11,13,20,22-23H,12,14H2/b10-9+/t20-,22-,23+/m0/s1. The third-order valence-corrected chi connectivity index (χ3v) is 6.06. The lowest BCUT2D eigenvalue weighted by Crippen LogP contribution is -2.30. The highest BCUT2D eigenvalue weighted by molar-refractivity contribution is 5.76. The number of hydrogen-bond acceptors (Lipinski definition) is 3. The Hall–Kier alpha value is -3.34. The lowest BCUT2D eigenvalue weighted by Gasteiger charge is -2.31. The van der Waals surface area contributed by atoms with E-state index in [-0.39, 0.29) is 35.4 Å². The summed E-state index contributed by atoms with van der Waals surface area (Å²) in [5.74, 6) is -1.25. The van der Waals surface area contributed by atoms with Gasteiger partial charge in [-0.15, -0.1) is 0 Å². The molecular formula is C25H19F2NO2. The molecule has 0 bridgehead atoms. The number of cyclic esters (lactones) is 1. The zero-order valence-corrected chi connectivity index (χ0v) is 16.1. The van der Waals surface area contributed by atoms with E-state index in [4.69, 9.17) is 4.74 Å². The first kappa shape index (κ1) is 18.7. The first-order valence-electron chi connectivity index (χ1n) is 9.94. The summed E-state index contributed by atoms with van der Waals surface area (Å²) >= 11 is 0. The minimum Gasteiger partial charge on any atom is -0.465 e. The Morgan fingerprint density at radius 1 is 1.03 bits per heavy atom. The number of hydrogen-bond donors (Lipinski definition) is 0. The molecule has 0 spiro atoms. The van der Waals surface area contributed by atoms with Gasteiger partial charge in [-0.3, -0.25) is 9.78 Å². The molecule has 1 aliphatic carbocycles. The van der Waals surface area contributed by atoms with Crippen molar-refractivity contribution < 1.29 is 18.3 Å². The topological polar surface area (TPSA) is 39.2 Å². The molecule has 1 aliphatic heterocycles. The Balaban J connectivity index is 1.44. The number of carbonyl (C=O) groups is 1. The van der Waals surface area contributed by atoms with Crippen molar-refractivity contribution in [2.75, 3.05) is 6.61 Å². The molecule has 2 aromatic carbocycles. The van der Waals surface area contributed by atoms with Crippen LogP contribution < -0.4 is 0 Å². The summed E-state index contributed by atoms with van der Waals surface area (Å²) in [6, 6.07) is 15.2. The number of halogens is 2. The summed E-state index contributed by atoms with van der Waals surface area (Å²) < 4.78 is 33.1. The number of fused-ring (bicyclic) bond motifs is 2. The third kappa shape index (κ3) is 3.30. The molecule has 3 nitrogen and oxygen atoms in total. The molecule has 0 N–H and O–H groups in total. The largest absolute Gasteiger partial charge is 0.465 e. The quantitative estimate of drug-likeness (QED) is 0.567. The number of benzene rings is 2. The van der Waals surface area contributed by atoms with Crippen molar-refractivity contribution in [2.24, 2.45) is 11.8 Å². The predicted molar refractivity (Wildman–Crippen MR) is 109 cm³/mol. The van der Waals surface area contributed by atoms with E-state index in [2.05, 4.69) is 4.98 Å². The van der Waals surface area contributed by atoms with Crippen LogP contribution in [0.2, 0.25) is 0 Å². The summed E-state index contributed by atoms with van der Waals surface area (Å²) in [6.45, 7) is 0.348. The van der Waals surface area contributed by atoms with Gasteiger partial charge in [0.25, 0.3) is 0 Å². The molecule has 0 radical (unpaired) electrons. The Kier molecular flexibility index (Phi) is 4.66. The van der Waals surface area contributed by atoms with Gasteiger partial charge in [-0.1, -0.05) is 36.4 Å². The Labute approximate surface area is 173 Å². The normalized spacial score (nSPS) is 22.6. The van der Waals surface area contributed by atoms with Crippen LogP contribution in [-0.4, -0.2) is 17.6 Å². The minimum atomic E-state index is -0.313. The molecule has 5 heteroatoms. The molecule has 0 unspecified atom stereocenters. The molecule has 1 aromatic heterocycles. The second-order valence-corrected chi connectivity index (χ2v) is 7.78. The highest BCUT2D eigenvalue weighted by Gasteiger charge is 2.45. The van der Waals surface area contributed by atoms with Gasteiger partial charge in [-0.2, -0.15) is 0 Å². The van der Waals surface area contributed by atoms with Crippen LogP contribution in [0.25, 0.3) is 17.2 Å².